The van der Waals surface area contributed by atoms with Crippen molar-refractivity contribution in [3.8, 4) is 0 Å². The quantitative estimate of drug-likeness (QED) is 0.629. The minimum atomic E-state index is -0.182. The molecule has 6 heteroatoms. The summed E-state index contributed by atoms with van der Waals surface area (Å²) >= 11 is 3.51. The van der Waals surface area contributed by atoms with Crippen LogP contribution < -0.4 is 4.90 Å². The van der Waals surface area contributed by atoms with Gasteiger partial charge in [-0.1, -0.05) is 52.3 Å². The van der Waals surface area contributed by atoms with Crippen LogP contribution in [0.2, 0.25) is 0 Å². The molecule has 5 nitrogen and oxygen atoms in total. The van der Waals surface area contributed by atoms with E-state index in [1.54, 1.807) is 0 Å². The minimum Gasteiger partial charge on any atom is -0.350 e. The first-order valence-corrected chi connectivity index (χ1v) is 9.64. The van der Waals surface area contributed by atoms with E-state index in [1.165, 1.54) is 11.1 Å². The van der Waals surface area contributed by atoms with Crippen molar-refractivity contribution in [1.82, 2.24) is 15.0 Å². The van der Waals surface area contributed by atoms with Gasteiger partial charge >= 0.3 is 0 Å². The van der Waals surface area contributed by atoms with Crippen molar-refractivity contribution in [2.24, 2.45) is 0 Å². The van der Waals surface area contributed by atoms with E-state index in [0.717, 1.165) is 28.8 Å². The smallest absolute Gasteiger partial charge is 0.177 e. The summed E-state index contributed by atoms with van der Waals surface area (Å²) in [7, 11) is 0. The minimum absolute atomic E-state index is 0.182. The van der Waals surface area contributed by atoms with Gasteiger partial charge in [-0.25, -0.2) is 4.68 Å². The highest BCUT2D eigenvalue weighted by atomic mass is 79.9. The molecule has 1 aliphatic heterocycles. The van der Waals surface area contributed by atoms with E-state index in [2.05, 4.69) is 74.5 Å². The Bertz CT molecular complexity index is 878. The number of aryl methyl sites for hydroxylation is 1. The molecule has 0 radical (unpaired) electrons. The molecule has 1 atom stereocenters. The lowest BCUT2D eigenvalue weighted by Crippen LogP contribution is -2.23. The average Bonchev–Trinajstić information content (AvgIpc) is 3.31. The topological polar surface area (TPSA) is 43.2 Å². The van der Waals surface area contributed by atoms with Gasteiger partial charge in [-0.2, -0.15) is 0 Å². The van der Waals surface area contributed by atoms with Gasteiger partial charge in [0.05, 0.1) is 19.3 Å². The summed E-state index contributed by atoms with van der Waals surface area (Å²) in [4.78, 5) is 2.24. The second-order valence-electron chi connectivity index (χ2n) is 6.41. The number of benzene rings is 2. The van der Waals surface area contributed by atoms with Crippen molar-refractivity contribution in [2.75, 3.05) is 18.1 Å². The largest absolute Gasteiger partial charge is 0.350 e. The van der Waals surface area contributed by atoms with Crippen LogP contribution in [0.3, 0.4) is 0 Å². The summed E-state index contributed by atoms with van der Waals surface area (Å²) in [6.07, 6.45) is 2.84. The molecule has 0 saturated carbocycles. The first kappa shape index (κ1) is 17.2. The summed E-state index contributed by atoms with van der Waals surface area (Å²) in [6, 6.07) is 16.9. The van der Waals surface area contributed by atoms with Gasteiger partial charge in [0, 0.05) is 16.7 Å². The van der Waals surface area contributed by atoms with Gasteiger partial charge in [0.15, 0.2) is 6.23 Å². The normalized spacial score (nSPS) is 17.0. The Morgan fingerprint density at radius 2 is 2.00 bits per heavy atom. The van der Waals surface area contributed by atoms with Crippen LogP contribution in [0.25, 0.3) is 0 Å². The summed E-state index contributed by atoms with van der Waals surface area (Å²) in [5.74, 6) is 0. The van der Waals surface area contributed by atoms with Crippen LogP contribution in [-0.2, 0) is 17.7 Å². The van der Waals surface area contributed by atoms with Crippen molar-refractivity contribution >= 4 is 21.6 Å². The molecule has 1 fully saturated rings. The molecule has 1 aromatic heterocycles. The Morgan fingerprint density at radius 1 is 1.15 bits per heavy atom. The Balaban J connectivity index is 1.52. The fourth-order valence-corrected chi connectivity index (χ4v) is 3.68. The highest BCUT2D eigenvalue weighted by Crippen LogP contribution is 2.31. The number of aromatic nitrogens is 3. The van der Waals surface area contributed by atoms with E-state index >= 15 is 0 Å². The number of halogens is 1. The molecule has 0 aliphatic carbocycles. The number of anilines is 1. The standard InChI is InChI=1S/C20H21BrN4O/c1-2-15-6-8-18(9-7-15)25-10-11-26-20(25)19-14-24(23-22-19)13-16-4-3-5-17(21)12-16/h3-9,12,14,20H,2,10-11,13H2,1H3/t20-/m1/s1. The first-order valence-electron chi connectivity index (χ1n) is 8.84. The van der Waals surface area contributed by atoms with Gasteiger partial charge in [0.1, 0.15) is 5.69 Å². The van der Waals surface area contributed by atoms with Crippen molar-refractivity contribution in [3.05, 3.63) is 76.0 Å². The third-order valence-electron chi connectivity index (χ3n) is 4.61. The Morgan fingerprint density at radius 3 is 2.77 bits per heavy atom. The number of nitrogens with zero attached hydrogens (tertiary/aromatic N) is 4. The Kier molecular flexibility index (Phi) is 5.04. The molecule has 0 spiro atoms. The highest BCUT2D eigenvalue weighted by Gasteiger charge is 2.29. The maximum absolute atomic E-state index is 5.95. The molecule has 134 valence electrons. The van der Waals surface area contributed by atoms with E-state index in [1.807, 2.05) is 23.0 Å². The number of hydrogen-bond donors (Lipinski definition) is 0. The van der Waals surface area contributed by atoms with Gasteiger partial charge in [0.2, 0.25) is 0 Å². The molecule has 0 N–H and O–H groups in total. The second-order valence-corrected chi connectivity index (χ2v) is 7.32. The zero-order valence-corrected chi connectivity index (χ0v) is 16.3. The molecule has 2 aromatic carbocycles. The molecule has 0 bridgehead atoms. The summed E-state index contributed by atoms with van der Waals surface area (Å²) in [6.45, 7) is 4.40. The maximum atomic E-state index is 5.95. The van der Waals surface area contributed by atoms with Crippen LogP contribution in [0.15, 0.2) is 59.2 Å². The van der Waals surface area contributed by atoms with Gasteiger partial charge in [0.25, 0.3) is 0 Å². The fourth-order valence-electron chi connectivity index (χ4n) is 3.23. The number of rotatable bonds is 5. The van der Waals surface area contributed by atoms with Crippen LogP contribution in [-0.4, -0.2) is 28.1 Å². The van der Waals surface area contributed by atoms with Crippen LogP contribution in [0.5, 0.6) is 0 Å². The molecule has 26 heavy (non-hydrogen) atoms. The monoisotopic (exact) mass is 412 g/mol. The van der Waals surface area contributed by atoms with Crippen LogP contribution in [0.4, 0.5) is 5.69 Å². The molecule has 0 amide bonds. The van der Waals surface area contributed by atoms with Gasteiger partial charge < -0.3 is 9.64 Å². The maximum Gasteiger partial charge on any atom is 0.177 e. The van der Waals surface area contributed by atoms with E-state index in [-0.39, 0.29) is 6.23 Å². The van der Waals surface area contributed by atoms with E-state index in [0.29, 0.717) is 13.2 Å². The summed E-state index contributed by atoms with van der Waals surface area (Å²) < 4.78 is 8.87. The van der Waals surface area contributed by atoms with Crippen LogP contribution >= 0.6 is 15.9 Å². The van der Waals surface area contributed by atoms with Gasteiger partial charge in [-0.15, -0.1) is 5.10 Å². The molecule has 2 heterocycles. The molecule has 4 rings (SSSR count). The molecule has 1 aliphatic rings. The average molecular weight is 413 g/mol. The van der Waals surface area contributed by atoms with E-state index in [9.17, 15) is 0 Å². The first-order chi connectivity index (χ1) is 12.7. The molecule has 3 aromatic rings. The predicted molar refractivity (Wildman–Crippen MR) is 105 cm³/mol. The zero-order valence-electron chi connectivity index (χ0n) is 14.7. The zero-order chi connectivity index (χ0) is 17.9. The van der Waals surface area contributed by atoms with Crippen molar-refractivity contribution < 1.29 is 4.74 Å². The second kappa shape index (κ2) is 7.60. The molecule has 0 unspecified atom stereocenters. The van der Waals surface area contributed by atoms with Crippen molar-refractivity contribution in [3.63, 3.8) is 0 Å². The Labute approximate surface area is 161 Å². The number of ether oxygens (including phenoxy) is 1. The third-order valence-corrected chi connectivity index (χ3v) is 5.10. The molecule has 1 saturated heterocycles. The van der Waals surface area contributed by atoms with Gasteiger partial charge in [-0.3, -0.25) is 0 Å². The number of hydrogen-bond acceptors (Lipinski definition) is 4. The predicted octanol–water partition coefficient (Wildman–Crippen LogP) is 4.19. The van der Waals surface area contributed by atoms with Crippen molar-refractivity contribution in [1.29, 1.82) is 0 Å². The van der Waals surface area contributed by atoms with Crippen LogP contribution in [0, 0.1) is 0 Å². The lowest BCUT2D eigenvalue weighted by Gasteiger charge is -2.23. The SMILES string of the molecule is CCc1ccc(N2CCO[C@@H]2c2cn(Cc3cccc(Br)c3)nn2)cc1. The van der Waals surface area contributed by atoms with E-state index in [4.69, 9.17) is 4.74 Å². The molecular formula is C20H21BrN4O. The third kappa shape index (κ3) is 3.66. The fraction of sp³-hybridized carbons (Fsp3) is 0.300. The van der Waals surface area contributed by atoms with Crippen molar-refractivity contribution in [2.45, 2.75) is 26.1 Å². The Hall–Kier alpha value is -2.18. The summed E-state index contributed by atoms with van der Waals surface area (Å²) in [5.41, 5.74) is 4.52. The highest BCUT2D eigenvalue weighted by molar-refractivity contribution is 9.10. The summed E-state index contributed by atoms with van der Waals surface area (Å²) in [5, 5.41) is 8.65. The van der Waals surface area contributed by atoms with E-state index < -0.39 is 0 Å². The lowest BCUT2D eigenvalue weighted by atomic mass is 10.1. The lowest BCUT2D eigenvalue weighted by molar-refractivity contribution is 0.110. The van der Waals surface area contributed by atoms with Gasteiger partial charge in [-0.05, 0) is 41.8 Å². The molecular weight excluding hydrogens is 392 g/mol. The van der Waals surface area contributed by atoms with Crippen LogP contribution in [0.1, 0.15) is 30.0 Å².